The molecule has 6 heteroatoms. The Morgan fingerprint density at radius 3 is 2.30 bits per heavy atom. The third kappa shape index (κ3) is 5.11. The van der Waals surface area contributed by atoms with Crippen LogP contribution in [0, 0.1) is 0 Å². The summed E-state index contributed by atoms with van der Waals surface area (Å²) < 4.78 is 28.1. The van der Waals surface area contributed by atoms with Crippen LogP contribution in [-0.4, -0.2) is 29.1 Å². The summed E-state index contributed by atoms with van der Waals surface area (Å²) in [6, 6.07) is 11.2. The van der Waals surface area contributed by atoms with Crippen molar-refractivity contribution in [3.8, 4) is 5.75 Å². The van der Waals surface area contributed by atoms with E-state index in [-0.39, 0.29) is 16.7 Å². The van der Waals surface area contributed by atoms with Crippen LogP contribution in [0.5, 0.6) is 5.75 Å². The number of benzene rings is 1. The van der Waals surface area contributed by atoms with E-state index in [4.69, 9.17) is 5.11 Å². The van der Waals surface area contributed by atoms with Crippen LogP contribution >= 0.6 is 0 Å². The van der Waals surface area contributed by atoms with E-state index < -0.39 is 9.84 Å². The predicted octanol–water partition coefficient (Wildman–Crippen LogP) is 4.21. The smallest absolute Gasteiger partial charge is 0.208 e. The monoisotopic (exact) mass is 389 g/mol. The van der Waals surface area contributed by atoms with Crippen LogP contribution in [-0.2, 0) is 16.3 Å². The van der Waals surface area contributed by atoms with Crippen LogP contribution < -0.4 is 0 Å². The number of phenols is 1. The summed E-state index contributed by atoms with van der Waals surface area (Å²) in [5.74, 6) is 0.0527. The molecule has 2 aromatic heterocycles. The van der Waals surface area contributed by atoms with Crippen LogP contribution in [0.25, 0.3) is 5.52 Å². The van der Waals surface area contributed by atoms with Crippen LogP contribution in [0.15, 0.2) is 64.6 Å². The van der Waals surface area contributed by atoms with E-state index in [1.807, 2.05) is 35.0 Å². The number of aromatic hydroxyl groups is 1. The highest BCUT2D eigenvalue weighted by atomic mass is 32.2. The van der Waals surface area contributed by atoms with Gasteiger partial charge in [-0.2, -0.15) is 0 Å². The number of aromatic nitrogens is 1. The maximum absolute atomic E-state index is 13.1. The average Bonchev–Trinajstić information content (AvgIpc) is 2.99. The number of aliphatic hydroxyl groups is 1. The fourth-order valence-electron chi connectivity index (χ4n) is 2.75. The average molecular weight is 390 g/mol. The second-order valence-corrected chi connectivity index (χ2v) is 8.56. The number of rotatable bonds is 5. The number of nitrogens with zero attached hydrogens (tertiary/aromatic N) is 1. The van der Waals surface area contributed by atoms with Crippen molar-refractivity contribution < 1.29 is 18.6 Å². The third-order valence-electron chi connectivity index (χ3n) is 3.92. The van der Waals surface area contributed by atoms with Crippen molar-refractivity contribution in [2.45, 2.75) is 55.9 Å². The first-order valence-corrected chi connectivity index (χ1v) is 10.6. The molecule has 0 saturated carbocycles. The molecule has 0 amide bonds. The third-order valence-corrected chi connectivity index (χ3v) is 5.83. The summed E-state index contributed by atoms with van der Waals surface area (Å²) in [6.45, 7) is 5.53. The van der Waals surface area contributed by atoms with Gasteiger partial charge in [-0.25, -0.2) is 8.42 Å². The number of hydrogen-bond acceptors (Lipinski definition) is 4. The SMILES string of the molecule is CC(C)O.CCCCc1cn2ccccc2c1S(=O)(=O)c1ccc(O)cc1. The highest BCUT2D eigenvalue weighted by molar-refractivity contribution is 7.91. The Labute approximate surface area is 160 Å². The molecule has 0 aliphatic heterocycles. The van der Waals surface area contributed by atoms with Gasteiger partial charge in [-0.1, -0.05) is 19.4 Å². The Hall–Kier alpha value is -2.31. The van der Waals surface area contributed by atoms with E-state index in [9.17, 15) is 13.5 Å². The van der Waals surface area contributed by atoms with Gasteiger partial charge in [0, 0.05) is 18.5 Å². The predicted molar refractivity (Wildman–Crippen MR) is 107 cm³/mol. The van der Waals surface area contributed by atoms with E-state index in [1.54, 1.807) is 13.8 Å². The molecular formula is C21H27NO4S. The number of phenolic OH excluding ortho intramolecular Hbond substituents is 1. The van der Waals surface area contributed by atoms with Gasteiger partial charge in [0.2, 0.25) is 9.84 Å². The van der Waals surface area contributed by atoms with Crippen LogP contribution in [0.4, 0.5) is 0 Å². The Morgan fingerprint density at radius 1 is 1.07 bits per heavy atom. The van der Waals surface area contributed by atoms with Crippen LogP contribution in [0.1, 0.15) is 39.2 Å². The molecular weight excluding hydrogens is 362 g/mol. The first-order chi connectivity index (χ1) is 12.8. The molecule has 2 heterocycles. The van der Waals surface area contributed by atoms with Crippen molar-refractivity contribution in [3.05, 3.63) is 60.4 Å². The second-order valence-electron chi connectivity index (χ2n) is 6.67. The van der Waals surface area contributed by atoms with Gasteiger partial charge < -0.3 is 14.6 Å². The molecule has 0 radical (unpaired) electrons. The molecule has 5 nitrogen and oxygen atoms in total. The zero-order valence-corrected chi connectivity index (χ0v) is 16.8. The van der Waals surface area contributed by atoms with Gasteiger partial charge in [-0.15, -0.1) is 0 Å². The van der Waals surface area contributed by atoms with Gasteiger partial charge in [0.1, 0.15) is 10.6 Å². The van der Waals surface area contributed by atoms with E-state index in [0.29, 0.717) is 10.4 Å². The fourth-order valence-corrected chi connectivity index (χ4v) is 4.43. The zero-order chi connectivity index (χ0) is 20.0. The van der Waals surface area contributed by atoms with E-state index in [2.05, 4.69) is 6.92 Å². The summed E-state index contributed by atoms with van der Waals surface area (Å²) >= 11 is 0. The standard InChI is InChI=1S/C18H19NO3S.C3H8O/c1-2-3-6-14-13-19-12-5-4-7-17(19)18(14)23(21,22)16-10-8-15(20)9-11-16;1-3(2)4/h4-5,7-13,20H,2-3,6H2,1H3;3-4H,1-2H3. The first kappa shape index (κ1) is 21.0. The minimum Gasteiger partial charge on any atom is -0.508 e. The highest BCUT2D eigenvalue weighted by Gasteiger charge is 2.25. The molecule has 0 atom stereocenters. The summed E-state index contributed by atoms with van der Waals surface area (Å²) in [5.41, 5.74) is 1.53. The van der Waals surface area contributed by atoms with Crippen molar-refractivity contribution in [1.82, 2.24) is 4.40 Å². The molecule has 2 N–H and O–H groups in total. The molecule has 0 bridgehead atoms. The normalized spacial score (nSPS) is 11.4. The Morgan fingerprint density at radius 2 is 1.70 bits per heavy atom. The van der Waals surface area contributed by atoms with Crippen LogP contribution in [0.2, 0.25) is 0 Å². The summed E-state index contributed by atoms with van der Waals surface area (Å²) in [6.07, 6.45) is 6.27. The fraction of sp³-hybridized carbons (Fsp3) is 0.333. The molecule has 0 fully saturated rings. The molecule has 3 rings (SSSR count). The highest BCUT2D eigenvalue weighted by Crippen LogP contribution is 2.31. The van der Waals surface area contributed by atoms with Gasteiger partial charge in [-0.05, 0) is 68.7 Å². The Kier molecular flexibility index (Phi) is 7.05. The molecule has 0 saturated heterocycles. The van der Waals surface area contributed by atoms with Crippen molar-refractivity contribution in [1.29, 1.82) is 0 Å². The van der Waals surface area contributed by atoms with Gasteiger partial charge in [0.25, 0.3) is 0 Å². The molecule has 0 unspecified atom stereocenters. The molecule has 27 heavy (non-hydrogen) atoms. The number of aliphatic hydroxyl groups excluding tert-OH is 1. The van der Waals surface area contributed by atoms with Crippen molar-refractivity contribution in [2.75, 3.05) is 0 Å². The van der Waals surface area contributed by atoms with Gasteiger partial charge in [0.05, 0.1) is 10.4 Å². The lowest BCUT2D eigenvalue weighted by molar-refractivity contribution is 0.216. The maximum atomic E-state index is 13.1. The van der Waals surface area contributed by atoms with E-state index in [1.165, 1.54) is 24.3 Å². The lowest BCUT2D eigenvalue weighted by Crippen LogP contribution is -2.04. The lowest BCUT2D eigenvalue weighted by atomic mass is 10.1. The quantitative estimate of drug-likeness (QED) is 0.685. The maximum Gasteiger partial charge on any atom is 0.208 e. The minimum absolute atomic E-state index is 0.0527. The second kappa shape index (κ2) is 9.06. The number of hydrogen-bond donors (Lipinski definition) is 2. The molecule has 1 aromatic carbocycles. The Balaban J connectivity index is 0.000000596. The van der Waals surface area contributed by atoms with E-state index >= 15 is 0 Å². The van der Waals surface area contributed by atoms with Crippen molar-refractivity contribution in [2.24, 2.45) is 0 Å². The van der Waals surface area contributed by atoms with Gasteiger partial charge >= 0.3 is 0 Å². The largest absolute Gasteiger partial charge is 0.508 e. The molecule has 3 aromatic rings. The Bertz CT molecular complexity index is 970. The minimum atomic E-state index is -3.63. The van der Waals surface area contributed by atoms with E-state index in [0.717, 1.165) is 24.8 Å². The van der Waals surface area contributed by atoms with Crippen molar-refractivity contribution in [3.63, 3.8) is 0 Å². The summed E-state index contributed by atoms with van der Waals surface area (Å²) in [5, 5.41) is 17.5. The number of sulfone groups is 1. The first-order valence-electron chi connectivity index (χ1n) is 9.08. The van der Waals surface area contributed by atoms with Gasteiger partial charge in [0.15, 0.2) is 0 Å². The number of unbranched alkanes of at least 4 members (excludes halogenated alkanes) is 1. The molecule has 0 aliphatic rings. The number of fused-ring (bicyclic) bond motifs is 1. The molecule has 0 aliphatic carbocycles. The summed E-state index contributed by atoms with van der Waals surface area (Å²) in [7, 11) is -3.63. The summed E-state index contributed by atoms with van der Waals surface area (Å²) in [4.78, 5) is 0.572. The van der Waals surface area contributed by atoms with Crippen molar-refractivity contribution >= 4 is 15.4 Å². The van der Waals surface area contributed by atoms with Crippen LogP contribution in [0.3, 0.4) is 0 Å². The number of pyridine rings is 1. The number of aryl methyl sites for hydroxylation is 1. The lowest BCUT2D eigenvalue weighted by Gasteiger charge is -2.07. The topological polar surface area (TPSA) is 79.0 Å². The zero-order valence-electron chi connectivity index (χ0n) is 16.0. The molecule has 146 valence electrons. The van der Waals surface area contributed by atoms with Gasteiger partial charge in [-0.3, -0.25) is 0 Å². The molecule has 0 spiro atoms.